The van der Waals surface area contributed by atoms with Crippen LogP contribution in [-0.2, 0) is 23.9 Å². The van der Waals surface area contributed by atoms with Crippen LogP contribution in [0, 0.1) is 31.4 Å². The largest absolute Gasteiger partial charge is 0.435 e. The smallest absolute Gasteiger partial charge is 0.313 e. The van der Waals surface area contributed by atoms with Crippen molar-refractivity contribution in [3.05, 3.63) is 83.3 Å². The lowest BCUT2D eigenvalue weighted by molar-refractivity contribution is -0.139. The molecule has 0 aromatic heterocycles. The van der Waals surface area contributed by atoms with Gasteiger partial charge >= 0.3 is 5.97 Å². The van der Waals surface area contributed by atoms with Crippen LogP contribution >= 0.6 is 0 Å². The standard InChI is InChI=1S/C30H36F2N4O5/c1-7-41-25(37)14-23(20-12-19(13-22(31)27(20)32)26-17(4)9-8-10-18(26)5)35-30(40)24(11-16(2)3)36-29(39)21(15-33)28(38)34-6/h7-10,12-13,15-16,23-24H,1,11,14,33H2,2-6H3,(H,34,38)(H,35,40)(H,36,39)/b21-15+/t23-,24-/m0/s1. The molecule has 0 heterocycles. The zero-order valence-electron chi connectivity index (χ0n) is 23.8. The number of hydrogen-bond donors (Lipinski definition) is 4. The summed E-state index contributed by atoms with van der Waals surface area (Å²) in [4.78, 5) is 50.7. The monoisotopic (exact) mass is 570 g/mol. The molecule has 0 aliphatic carbocycles. The van der Waals surface area contributed by atoms with Gasteiger partial charge in [-0.05, 0) is 60.6 Å². The first-order valence-corrected chi connectivity index (χ1v) is 13.0. The van der Waals surface area contributed by atoms with E-state index >= 15 is 4.39 Å². The van der Waals surface area contributed by atoms with E-state index in [0.29, 0.717) is 11.1 Å². The van der Waals surface area contributed by atoms with Crippen LogP contribution in [0.2, 0.25) is 0 Å². The summed E-state index contributed by atoms with van der Waals surface area (Å²) in [7, 11) is 1.31. The molecule has 9 nitrogen and oxygen atoms in total. The van der Waals surface area contributed by atoms with Gasteiger partial charge in [0, 0.05) is 18.8 Å². The molecule has 11 heteroatoms. The van der Waals surface area contributed by atoms with Crippen LogP contribution < -0.4 is 21.7 Å². The molecule has 0 radical (unpaired) electrons. The molecule has 2 atom stereocenters. The third kappa shape index (κ3) is 8.47. The quantitative estimate of drug-likeness (QED) is 0.101. The predicted molar refractivity (Wildman–Crippen MR) is 151 cm³/mol. The summed E-state index contributed by atoms with van der Waals surface area (Å²) >= 11 is 0. The van der Waals surface area contributed by atoms with E-state index in [1.165, 1.54) is 13.1 Å². The van der Waals surface area contributed by atoms with Gasteiger partial charge in [0.1, 0.15) is 11.6 Å². The number of benzene rings is 2. The average molecular weight is 571 g/mol. The Bertz CT molecular complexity index is 1340. The van der Waals surface area contributed by atoms with Gasteiger partial charge < -0.3 is 26.4 Å². The molecule has 0 saturated carbocycles. The molecule has 2 aromatic rings. The molecule has 41 heavy (non-hydrogen) atoms. The summed E-state index contributed by atoms with van der Waals surface area (Å²) in [5.74, 6) is -5.87. The van der Waals surface area contributed by atoms with Crippen molar-refractivity contribution in [3.63, 3.8) is 0 Å². The number of halogens is 2. The van der Waals surface area contributed by atoms with Gasteiger partial charge in [-0.2, -0.15) is 0 Å². The van der Waals surface area contributed by atoms with Gasteiger partial charge in [0.05, 0.1) is 18.7 Å². The molecule has 0 spiro atoms. The van der Waals surface area contributed by atoms with Crippen LogP contribution in [0.5, 0.6) is 0 Å². The summed E-state index contributed by atoms with van der Waals surface area (Å²) < 4.78 is 35.1. The fraction of sp³-hybridized carbons (Fsp3) is 0.333. The molecule has 2 aromatic carbocycles. The van der Waals surface area contributed by atoms with Crippen LogP contribution in [0.1, 0.15) is 49.4 Å². The van der Waals surface area contributed by atoms with Crippen molar-refractivity contribution in [2.24, 2.45) is 11.7 Å². The minimum Gasteiger partial charge on any atom is -0.435 e. The second-order valence-electron chi connectivity index (χ2n) is 9.86. The van der Waals surface area contributed by atoms with Gasteiger partial charge in [-0.25, -0.2) is 8.78 Å². The first kappa shape index (κ1) is 32.7. The van der Waals surface area contributed by atoms with E-state index in [0.717, 1.165) is 29.7 Å². The van der Waals surface area contributed by atoms with E-state index in [1.54, 1.807) is 13.8 Å². The van der Waals surface area contributed by atoms with Crippen molar-refractivity contribution in [2.45, 2.75) is 52.6 Å². The number of hydrogen-bond acceptors (Lipinski definition) is 6. The Morgan fingerprint density at radius 2 is 1.68 bits per heavy atom. The van der Waals surface area contributed by atoms with Crippen molar-refractivity contribution in [1.82, 2.24) is 16.0 Å². The topological polar surface area (TPSA) is 140 Å². The maximum atomic E-state index is 15.3. The molecule has 0 unspecified atom stereocenters. The highest BCUT2D eigenvalue weighted by Crippen LogP contribution is 2.33. The van der Waals surface area contributed by atoms with Crippen molar-refractivity contribution in [1.29, 1.82) is 0 Å². The lowest BCUT2D eigenvalue weighted by Gasteiger charge is -2.25. The third-order valence-electron chi connectivity index (χ3n) is 6.32. The van der Waals surface area contributed by atoms with Gasteiger partial charge in [-0.1, -0.05) is 38.6 Å². The minimum absolute atomic E-state index is 0.109. The van der Waals surface area contributed by atoms with E-state index in [2.05, 4.69) is 22.5 Å². The lowest BCUT2D eigenvalue weighted by Crippen LogP contribution is -2.50. The first-order valence-electron chi connectivity index (χ1n) is 13.0. The Balaban J connectivity index is 2.56. The van der Waals surface area contributed by atoms with Gasteiger partial charge in [-0.15, -0.1) is 0 Å². The normalized spacial score (nSPS) is 12.7. The Labute approximate surface area is 238 Å². The summed E-state index contributed by atoms with van der Waals surface area (Å²) in [5.41, 5.74) is 7.37. The maximum Gasteiger partial charge on any atom is 0.313 e. The Hall–Kier alpha value is -4.54. The van der Waals surface area contributed by atoms with Gasteiger partial charge in [-0.3, -0.25) is 19.2 Å². The van der Waals surface area contributed by atoms with Crippen molar-refractivity contribution in [2.75, 3.05) is 7.05 Å². The Kier molecular flexibility index (Phi) is 11.7. The zero-order chi connectivity index (χ0) is 30.9. The molecule has 0 fully saturated rings. The minimum atomic E-state index is -1.39. The molecule has 3 amide bonds. The molecule has 220 valence electrons. The van der Waals surface area contributed by atoms with E-state index in [9.17, 15) is 23.6 Å². The number of ether oxygens (including phenoxy) is 1. The van der Waals surface area contributed by atoms with Crippen molar-refractivity contribution < 1.29 is 32.7 Å². The highest BCUT2D eigenvalue weighted by Gasteiger charge is 2.30. The molecule has 0 aliphatic rings. The first-order chi connectivity index (χ1) is 19.3. The fourth-order valence-electron chi connectivity index (χ4n) is 4.42. The maximum absolute atomic E-state index is 15.3. The van der Waals surface area contributed by atoms with Crippen LogP contribution in [0.4, 0.5) is 8.78 Å². The number of rotatable bonds is 12. The molecule has 5 N–H and O–H groups in total. The molecular weight excluding hydrogens is 534 g/mol. The average Bonchev–Trinajstić information content (AvgIpc) is 2.89. The van der Waals surface area contributed by atoms with Crippen LogP contribution in [0.15, 0.2) is 54.9 Å². The number of amides is 3. The highest BCUT2D eigenvalue weighted by atomic mass is 19.2. The lowest BCUT2D eigenvalue weighted by atomic mass is 9.92. The SMILES string of the molecule is C=COC(=O)C[C@H](NC(=O)[C@H](CC(C)C)NC(=O)/C(=C/N)C(=O)NC)c1cc(-c2c(C)cccc2C)cc(F)c1F. The number of likely N-dealkylation sites (N-methyl/N-ethyl adjacent to an activating group) is 1. The molecule has 0 saturated heterocycles. The Morgan fingerprint density at radius 3 is 2.22 bits per heavy atom. The van der Waals surface area contributed by atoms with Crippen molar-refractivity contribution >= 4 is 23.7 Å². The van der Waals surface area contributed by atoms with Crippen molar-refractivity contribution in [3.8, 4) is 11.1 Å². The number of carbonyl (C=O) groups is 4. The second-order valence-corrected chi connectivity index (χ2v) is 9.86. The summed E-state index contributed by atoms with van der Waals surface area (Å²) in [6.07, 6.45) is 1.24. The molecular formula is C30H36F2N4O5. The van der Waals surface area contributed by atoms with E-state index in [-0.39, 0.29) is 17.9 Å². The molecule has 0 aliphatic heterocycles. The summed E-state index contributed by atoms with van der Waals surface area (Å²) in [6, 6.07) is 5.31. The van der Waals surface area contributed by atoms with E-state index in [1.807, 2.05) is 32.0 Å². The fourth-order valence-corrected chi connectivity index (χ4v) is 4.42. The highest BCUT2D eigenvalue weighted by molar-refractivity contribution is 6.18. The van der Waals surface area contributed by atoms with Gasteiger partial charge in [0.15, 0.2) is 11.6 Å². The van der Waals surface area contributed by atoms with Crippen LogP contribution in [-0.4, -0.2) is 36.8 Å². The van der Waals surface area contributed by atoms with Crippen LogP contribution in [0.25, 0.3) is 11.1 Å². The molecule has 2 rings (SSSR count). The number of nitrogens with one attached hydrogen (secondary N) is 3. The zero-order valence-corrected chi connectivity index (χ0v) is 23.8. The predicted octanol–water partition coefficient (Wildman–Crippen LogP) is 3.60. The van der Waals surface area contributed by atoms with Crippen LogP contribution in [0.3, 0.4) is 0 Å². The Morgan fingerprint density at radius 1 is 1.05 bits per heavy atom. The summed E-state index contributed by atoms with van der Waals surface area (Å²) in [6.45, 7) is 10.6. The molecule has 0 bridgehead atoms. The van der Waals surface area contributed by atoms with Gasteiger partial charge in [0.2, 0.25) is 5.91 Å². The number of nitrogens with two attached hydrogens (primary N) is 1. The van der Waals surface area contributed by atoms with E-state index in [4.69, 9.17) is 10.5 Å². The van der Waals surface area contributed by atoms with Gasteiger partial charge in [0.25, 0.3) is 11.8 Å². The number of esters is 1. The second kappa shape index (κ2) is 14.7. The third-order valence-corrected chi connectivity index (χ3v) is 6.32. The number of carbonyl (C=O) groups excluding carboxylic acids is 4. The number of aryl methyl sites for hydroxylation is 2. The van der Waals surface area contributed by atoms with E-state index < -0.39 is 59.4 Å². The summed E-state index contributed by atoms with van der Waals surface area (Å²) in [5, 5.41) is 7.31.